The quantitative estimate of drug-likeness (QED) is 0.497. The lowest BCUT2D eigenvalue weighted by Gasteiger charge is -2.30. The largest absolute Gasteiger partial charge is 0.497 e. The third-order valence-electron chi connectivity index (χ3n) is 6.39. The second-order valence-electron chi connectivity index (χ2n) is 8.70. The molecule has 1 N–H and O–H groups in total. The molecule has 0 atom stereocenters. The lowest BCUT2D eigenvalue weighted by molar-refractivity contribution is 0.303. The Bertz CT molecular complexity index is 1350. The minimum Gasteiger partial charge on any atom is -0.497 e. The van der Waals surface area contributed by atoms with Gasteiger partial charge in [-0.2, -0.15) is 5.10 Å². The number of aryl methyl sites for hydroxylation is 2. The van der Waals surface area contributed by atoms with Gasteiger partial charge in [-0.3, -0.25) is 9.78 Å². The van der Waals surface area contributed by atoms with Crippen molar-refractivity contribution in [3.63, 3.8) is 0 Å². The van der Waals surface area contributed by atoms with Crippen molar-refractivity contribution >= 4 is 16.6 Å². The predicted octanol–water partition coefficient (Wildman–Crippen LogP) is 4.20. The Hall–Kier alpha value is -3.68. The maximum absolute atomic E-state index is 12.6. The van der Waals surface area contributed by atoms with E-state index < -0.39 is 0 Å². The first-order chi connectivity index (χ1) is 16.0. The molecule has 0 unspecified atom stereocenters. The van der Waals surface area contributed by atoms with Gasteiger partial charge in [-0.1, -0.05) is 0 Å². The highest BCUT2D eigenvalue weighted by atomic mass is 16.5. The van der Waals surface area contributed by atoms with Gasteiger partial charge in [-0.25, -0.2) is 9.36 Å². The zero-order valence-electron chi connectivity index (χ0n) is 19.2. The Kier molecular flexibility index (Phi) is 5.58. The van der Waals surface area contributed by atoms with Crippen molar-refractivity contribution in [2.45, 2.75) is 51.6 Å². The molecule has 1 aliphatic carbocycles. The summed E-state index contributed by atoms with van der Waals surface area (Å²) in [6.07, 6.45) is 5.51. The number of nitrogens with zero attached hydrogens (tertiary/aromatic N) is 5. The maximum atomic E-state index is 12.6. The van der Waals surface area contributed by atoms with Crippen LogP contribution in [0.15, 0.2) is 53.5 Å². The van der Waals surface area contributed by atoms with Crippen LogP contribution in [0, 0.1) is 13.8 Å². The van der Waals surface area contributed by atoms with Gasteiger partial charge in [-0.15, -0.1) is 5.10 Å². The second-order valence-corrected chi connectivity index (χ2v) is 8.70. The number of methoxy groups -OCH3 is 1. The molecular formula is C25H28N6O2. The molecule has 4 aromatic rings. The zero-order valence-corrected chi connectivity index (χ0v) is 19.2. The van der Waals surface area contributed by atoms with Gasteiger partial charge in [0.15, 0.2) is 5.82 Å². The molecule has 8 heteroatoms. The number of benzene rings is 1. The number of anilines is 1. The minimum atomic E-state index is -0.0658. The van der Waals surface area contributed by atoms with Crippen LogP contribution in [0.3, 0.4) is 0 Å². The number of pyridine rings is 1. The molecule has 0 amide bonds. The second kappa shape index (κ2) is 8.69. The van der Waals surface area contributed by atoms with Gasteiger partial charge in [0.1, 0.15) is 5.75 Å². The topological polar surface area (TPSA) is 86.9 Å². The molecule has 3 heterocycles. The third-order valence-corrected chi connectivity index (χ3v) is 6.39. The van der Waals surface area contributed by atoms with Gasteiger partial charge in [0.2, 0.25) is 0 Å². The van der Waals surface area contributed by atoms with Crippen molar-refractivity contribution < 1.29 is 4.74 Å². The summed E-state index contributed by atoms with van der Waals surface area (Å²) < 4.78 is 8.83. The van der Waals surface area contributed by atoms with Gasteiger partial charge >= 0.3 is 0 Å². The van der Waals surface area contributed by atoms with Gasteiger partial charge in [0, 0.05) is 35.1 Å². The van der Waals surface area contributed by atoms with Gasteiger partial charge in [-0.05, 0) is 75.9 Å². The number of hydrogen-bond acceptors (Lipinski definition) is 6. The average Bonchev–Trinajstić information content (AvgIpc) is 3.17. The van der Waals surface area contributed by atoms with Crippen molar-refractivity contribution in [3.8, 4) is 11.6 Å². The van der Waals surface area contributed by atoms with E-state index in [2.05, 4.69) is 20.5 Å². The van der Waals surface area contributed by atoms with E-state index in [1.165, 1.54) is 0 Å². The molecule has 0 aliphatic heterocycles. The highest BCUT2D eigenvalue weighted by Gasteiger charge is 2.24. The summed E-state index contributed by atoms with van der Waals surface area (Å²) in [7, 11) is 1.67. The maximum Gasteiger partial charge on any atom is 0.267 e. The first-order valence-electron chi connectivity index (χ1n) is 11.3. The number of nitrogens with one attached hydrogen (secondary N) is 1. The summed E-state index contributed by atoms with van der Waals surface area (Å²) in [5, 5.41) is 13.9. The van der Waals surface area contributed by atoms with Crippen molar-refractivity contribution in [2.24, 2.45) is 0 Å². The van der Waals surface area contributed by atoms with Crippen LogP contribution in [-0.2, 0) is 0 Å². The molecule has 33 heavy (non-hydrogen) atoms. The molecule has 0 bridgehead atoms. The molecule has 1 saturated carbocycles. The smallest absolute Gasteiger partial charge is 0.267 e. The molecule has 8 nitrogen and oxygen atoms in total. The SMILES string of the molecule is COc1ccc2nccc(NC3CCC(n4nc(-n5nc(C)cc5C)ccc4=O)CC3)c2c1. The molecule has 0 radical (unpaired) electrons. The van der Waals surface area contributed by atoms with E-state index in [4.69, 9.17) is 4.74 Å². The number of rotatable bonds is 5. The van der Waals surface area contributed by atoms with Crippen LogP contribution in [0.4, 0.5) is 5.69 Å². The fourth-order valence-electron chi connectivity index (χ4n) is 4.71. The van der Waals surface area contributed by atoms with Crippen molar-refractivity contribution in [2.75, 3.05) is 12.4 Å². The van der Waals surface area contributed by atoms with Gasteiger partial charge < -0.3 is 10.1 Å². The molecule has 3 aromatic heterocycles. The summed E-state index contributed by atoms with van der Waals surface area (Å²) in [5.41, 5.74) is 3.86. The Morgan fingerprint density at radius 1 is 1.00 bits per heavy atom. The number of ether oxygens (including phenoxy) is 1. The highest BCUT2D eigenvalue weighted by molar-refractivity contribution is 5.92. The summed E-state index contributed by atoms with van der Waals surface area (Å²) in [5.74, 6) is 1.49. The first-order valence-corrected chi connectivity index (χ1v) is 11.3. The number of hydrogen-bond donors (Lipinski definition) is 1. The summed E-state index contributed by atoms with van der Waals surface area (Å²) in [6.45, 7) is 3.95. The van der Waals surface area contributed by atoms with E-state index in [9.17, 15) is 4.79 Å². The van der Waals surface area contributed by atoms with Crippen LogP contribution >= 0.6 is 0 Å². The predicted molar refractivity (Wildman–Crippen MR) is 128 cm³/mol. The first kappa shape index (κ1) is 21.2. The van der Waals surface area contributed by atoms with E-state index in [1.807, 2.05) is 50.4 Å². The van der Waals surface area contributed by atoms with Crippen LogP contribution < -0.4 is 15.6 Å². The molecular weight excluding hydrogens is 416 g/mol. The van der Waals surface area contributed by atoms with Crippen LogP contribution in [0.25, 0.3) is 16.7 Å². The summed E-state index contributed by atoms with van der Waals surface area (Å²) >= 11 is 0. The Morgan fingerprint density at radius 3 is 2.55 bits per heavy atom. The zero-order chi connectivity index (χ0) is 22.9. The lowest BCUT2D eigenvalue weighted by atomic mass is 9.91. The molecule has 5 rings (SSSR count). The fourth-order valence-corrected chi connectivity index (χ4v) is 4.71. The third kappa shape index (κ3) is 4.20. The number of aromatic nitrogens is 5. The van der Waals surface area contributed by atoms with Gasteiger partial charge in [0.05, 0.1) is 24.4 Å². The Morgan fingerprint density at radius 2 is 1.82 bits per heavy atom. The van der Waals surface area contributed by atoms with Crippen LogP contribution in [-0.4, -0.2) is 37.7 Å². The standard InChI is InChI=1S/C25H28N6O2/c1-16-14-17(2)30(28-16)24-10-11-25(32)31(29-24)19-6-4-18(5-7-19)27-23-12-13-26-22-9-8-20(33-3)15-21(22)23/h8-15,18-19H,4-7H2,1-3H3,(H,26,27). The van der Waals surface area contributed by atoms with Crippen LogP contribution in [0.2, 0.25) is 0 Å². The van der Waals surface area contributed by atoms with E-state index in [-0.39, 0.29) is 11.6 Å². The van der Waals surface area contributed by atoms with E-state index >= 15 is 0 Å². The van der Waals surface area contributed by atoms with E-state index in [0.29, 0.717) is 11.9 Å². The molecule has 170 valence electrons. The normalized spacial score (nSPS) is 18.4. The Labute approximate surface area is 192 Å². The van der Waals surface area contributed by atoms with E-state index in [0.717, 1.165) is 59.4 Å². The lowest BCUT2D eigenvalue weighted by Crippen LogP contribution is -2.33. The minimum absolute atomic E-state index is 0.0658. The average molecular weight is 445 g/mol. The van der Waals surface area contributed by atoms with Crippen LogP contribution in [0.1, 0.15) is 43.1 Å². The Balaban J connectivity index is 1.32. The van der Waals surface area contributed by atoms with Crippen molar-refractivity contribution in [1.29, 1.82) is 0 Å². The molecule has 1 aromatic carbocycles. The molecule has 0 saturated heterocycles. The molecule has 1 fully saturated rings. The highest BCUT2D eigenvalue weighted by Crippen LogP contribution is 2.32. The summed E-state index contributed by atoms with van der Waals surface area (Å²) in [6, 6.07) is 13.7. The fraction of sp³-hybridized carbons (Fsp3) is 0.360. The molecule has 1 aliphatic rings. The van der Waals surface area contributed by atoms with Crippen molar-refractivity contribution in [3.05, 3.63) is 70.4 Å². The molecule has 0 spiro atoms. The van der Waals surface area contributed by atoms with Gasteiger partial charge in [0.25, 0.3) is 5.56 Å². The summed E-state index contributed by atoms with van der Waals surface area (Å²) in [4.78, 5) is 17.1. The van der Waals surface area contributed by atoms with E-state index in [1.54, 1.807) is 28.6 Å². The number of fused-ring (bicyclic) bond motifs is 1. The van der Waals surface area contributed by atoms with Crippen LogP contribution in [0.5, 0.6) is 5.75 Å². The monoisotopic (exact) mass is 444 g/mol. The van der Waals surface area contributed by atoms with Crippen molar-refractivity contribution in [1.82, 2.24) is 24.5 Å².